The summed E-state index contributed by atoms with van der Waals surface area (Å²) in [5, 5.41) is 10.7. The van der Waals surface area contributed by atoms with Gasteiger partial charge in [-0.25, -0.2) is 4.79 Å². The summed E-state index contributed by atoms with van der Waals surface area (Å²) in [4.78, 5) is 21.4. The predicted molar refractivity (Wildman–Crippen MR) is 49.8 cm³/mol. The molecule has 1 rings (SSSR count). The zero-order valence-corrected chi connectivity index (χ0v) is 8.62. The molecule has 1 fully saturated rings. The Hall–Kier alpha value is -0.840. The van der Waals surface area contributed by atoms with E-state index in [1.165, 1.54) is 0 Å². The summed E-state index contributed by atoms with van der Waals surface area (Å²) >= 11 is 5.63. The summed E-state index contributed by atoms with van der Waals surface area (Å²) < 4.78 is 4.65. The molecule has 0 heterocycles. The van der Waals surface area contributed by atoms with Gasteiger partial charge in [-0.05, 0) is 19.8 Å². The van der Waals surface area contributed by atoms with E-state index < -0.39 is 22.3 Å². The maximum Gasteiger partial charge on any atom is 0.382 e. The van der Waals surface area contributed by atoms with E-state index in [9.17, 15) is 14.9 Å². The highest BCUT2D eigenvalue weighted by Crippen LogP contribution is 2.50. The van der Waals surface area contributed by atoms with Gasteiger partial charge in [0.1, 0.15) is 0 Å². The van der Waals surface area contributed by atoms with Crippen molar-refractivity contribution in [3.05, 3.63) is 10.1 Å². The molecule has 1 aliphatic rings. The van der Waals surface area contributed by atoms with Crippen LogP contribution in [-0.2, 0) is 9.53 Å². The molecule has 0 amide bonds. The van der Waals surface area contributed by atoms with E-state index in [1.807, 2.05) is 0 Å². The van der Waals surface area contributed by atoms with E-state index in [0.29, 0.717) is 12.8 Å². The topological polar surface area (TPSA) is 69.4 Å². The molecule has 0 aromatic heterocycles. The van der Waals surface area contributed by atoms with Gasteiger partial charge in [0.25, 0.3) is 0 Å². The molecular weight excluding hydrogens is 210 g/mol. The average molecular weight is 222 g/mol. The van der Waals surface area contributed by atoms with Gasteiger partial charge in [-0.1, -0.05) is 0 Å². The van der Waals surface area contributed by atoms with Crippen molar-refractivity contribution in [3.8, 4) is 0 Å². The first-order valence-corrected chi connectivity index (χ1v) is 4.97. The first kappa shape index (κ1) is 11.2. The van der Waals surface area contributed by atoms with Crippen LogP contribution in [0.15, 0.2) is 0 Å². The lowest BCUT2D eigenvalue weighted by Gasteiger charge is -2.15. The van der Waals surface area contributed by atoms with E-state index in [4.69, 9.17) is 11.6 Å². The highest BCUT2D eigenvalue weighted by Gasteiger charge is 2.60. The van der Waals surface area contributed by atoms with Crippen LogP contribution in [0.25, 0.3) is 0 Å². The molecule has 14 heavy (non-hydrogen) atoms. The standard InChI is InChI=1S/C8H12ClNO4/c1-2-14-7(11)6(10(12)13)8(5-9)3-4-8/h6H,2-5H2,1H3. The zero-order chi connectivity index (χ0) is 10.8. The number of nitrogens with zero attached hydrogens (tertiary/aromatic N) is 1. The van der Waals surface area contributed by atoms with E-state index in [2.05, 4.69) is 4.74 Å². The Balaban J connectivity index is 2.74. The lowest BCUT2D eigenvalue weighted by atomic mass is 10.00. The Bertz CT molecular complexity index is 252. The van der Waals surface area contributed by atoms with E-state index in [1.54, 1.807) is 6.92 Å². The molecule has 0 bridgehead atoms. The number of carbonyl (C=O) groups excluding carboxylic acids is 1. The molecule has 0 aromatic carbocycles. The minimum atomic E-state index is -1.29. The maximum absolute atomic E-state index is 11.3. The quantitative estimate of drug-likeness (QED) is 0.303. The third kappa shape index (κ3) is 1.97. The first-order valence-electron chi connectivity index (χ1n) is 4.43. The maximum atomic E-state index is 11.3. The largest absolute Gasteiger partial charge is 0.461 e. The number of nitro groups is 1. The first-order chi connectivity index (χ1) is 6.57. The van der Waals surface area contributed by atoms with Crippen LogP contribution in [0.1, 0.15) is 19.8 Å². The second-order valence-electron chi connectivity index (χ2n) is 3.44. The van der Waals surface area contributed by atoms with Crippen molar-refractivity contribution >= 4 is 17.6 Å². The third-order valence-corrected chi connectivity index (χ3v) is 2.99. The lowest BCUT2D eigenvalue weighted by Crippen LogP contribution is -2.40. The highest BCUT2D eigenvalue weighted by molar-refractivity contribution is 6.18. The zero-order valence-electron chi connectivity index (χ0n) is 7.86. The van der Waals surface area contributed by atoms with Gasteiger partial charge in [-0.3, -0.25) is 10.1 Å². The third-order valence-electron chi connectivity index (χ3n) is 2.46. The van der Waals surface area contributed by atoms with Crippen molar-refractivity contribution in [2.75, 3.05) is 12.5 Å². The van der Waals surface area contributed by atoms with Crippen LogP contribution in [0, 0.1) is 15.5 Å². The fraction of sp³-hybridized carbons (Fsp3) is 0.875. The van der Waals surface area contributed by atoms with Crippen molar-refractivity contribution in [1.29, 1.82) is 0 Å². The van der Waals surface area contributed by atoms with Crippen LogP contribution < -0.4 is 0 Å². The number of esters is 1. The molecule has 80 valence electrons. The number of hydrogen-bond acceptors (Lipinski definition) is 4. The molecule has 1 aliphatic carbocycles. The summed E-state index contributed by atoms with van der Waals surface area (Å²) in [6, 6.07) is -1.29. The molecule has 0 N–H and O–H groups in total. The number of alkyl halides is 1. The van der Waals surface area contributed by atoms with Crippen LogP contribution in [0.3, 0.4) is 0 Å². The summed E-state index contributed by atoms with van der Waals surface area (Å²) in [6.07, 6.45) is 1.25. The Morgan fingerprint density at radius 2 is 2.29 bits per heavy atom. The number of halogens is 1. The molecule has 6 heteroatoms. The van der Waals surface area contributed by atoms with Gasteiger partial charge in [-0.2, -0.15) is 0 Å². The Morgan fingerprint density at radius 3 is 2.57 bits per heavy atom. The van der Waals surface area contributed by atoms with Crippen molar-refractivity contribution in [2.45, 2.75) is 25.8 Å². The number of rotatable bonds is 5. The molecular formula is C8H12ClNO4. The van der Waals surface area contributed by atoms with Crippen molar-refractivity contribution in [1.82, 2.24) is 0 Å². The van der Waals surface area contributed by atoms with Crippen LogP contribution >= 0.6 is 11.6 Å². The highest BCUT2D eigenvalue weighted by atomic mass is 35.5. The van der Waals surface area contributed by atoms with Crippen LogP contribution in [0.5, 0.6) is 0 Å². The fourth-order valence-corrected chi connectivity index (χ4v) is 1.83. The molecule has 1 atom stereocenters. The van der Waals surface area contributed by atoms with Gasteiger partial charge in [0.2, 0.25) is 0 Å². The molecule has 0 saturated heterocycles. The van der Waals surface area contributed by atoms with Crippen LogP contribution in [0.4, 0.5) is 0 Å². The molecule has 0 aliphatic heterocycles. The summed E-state index contributed by atoms with van der Waals surface area (Å²) in [7, 11) is 0. The summed E-state index contributed by atoms with van der Waals surface area (Å²) in [5.74, 6) is -0.632. The van der Waals surface area contributed by atoms with Gasteiger partial charge in [0.05, 0.1) is 12.0 Å². The van der Waals surface area contributed by atoms with Gasteiger partial charge in [-0.15, -0.1) is 11.6 Å². The van der Waals surface area contributed by atoms with Crippen molar-refractivity contribution < 1.29 is 14.5 Å². The van der Waals surface area contributed by atoms with Crippen LogP contribution in [0.2, 0.25) is 0 Å². The molecule has 0 spiro atoms. The minimum absolute atomic E-state index is 0.136. The van der Waals surface area contributed by atoms with E-state index in [-0.39, 0.29) is 12.5 Å². The predicted octanol–water partition coefficient (Wildman–Crippen LogP) is 1.21. The lowest BCUT2D eigenvalue weighted by molar-refractivity contribution is -0.522. The number of ether oxygens (including phenoxy) is 1. The van der Waals surface area contributed by atoms with Crippen LogP contribution in [-0.4, -0.2) is 29.4 Å². The second-order valence-corrected chi connectivity index (χ2v) is 3.70. The van der Waals surface area contributed by atoms with Crippen molar-refractivity contribution in [2.24, 2.45) is 5.41 Å². The molecule has 1 unspecified atom stereocenters. The van der Waals surface area contributed by atoms with Gasteiger partial charge < -0.3 is 4.74 Å². The minimum Gasteiger partial charge on any atom is -0.461 e. The van der Waals surface area contributed by atoms with E-state index >= 15 is 0 Å². The van der Waals surface area contributed by atoms with Gasteiger partial charge >= 0.3 is 12.0 Å². The average Bonchev–Trinajstić information content (AvgIpc) is 2.85. The second kappa shape index (κ2) is 4.13. The normalized spacial score (nSPS) is 19.9. The molecule has 1 saturated carbocycles. The SMILES string of the molecule is CCOC(=O)C([N+](=O)[O-])C1(CCl)CC1. The van der Waals surface area contributed by atoms with E-state index in [0.717, 1.165) is 0 Å². The van der Waals surface area contributed by atoms with Crippen molar-refractivity contribution in [3.63, 3.8) is 0 Å². The fourth-order valence-electron chi connectivity index (χ4n) is 1.42. The van der Waals surface area contributed by atoms with Gasteiger partial charge in [0.15, 0.2) is 0 Å². The monoisotopic (exact) mass is 221 g/mol. The number of carbonyl (C=O) groups is 1. The van der Waals surface area contributed by atoms with Gasteiger partial charge in [0, 0.05) is 10.8 Å². The molecule has 5 nitrogen and oxygen atoms in total. The Morgan fingerprint density at radius 1 is 1.71 bits per heavy atom. The Kier molecular flexibility index (Phi) is 3.31. The summed E-state index contributed by atoms with van der Waals surface area (Å²) in [6.45, 7) is 1.77. The summed E-state index contributed by atoms with van der Waals surface area (Å²) in [5.41, 5.74) is -0.655. The number of hydrogen-bond donors (Lipinski definition) is 0. The molecule has 0 radical (unpaired) electrons. The smallest absolute Gasteiger partial charge is 0.382 e. The molecule has 0 aromatic rings. The Labute approximate surface area is 86.5 Å².